The lowest BCUT2D eigenvalue weighted by molar-refractivity contribution is -0.124. The Bertz CT molecular complexity index is 859. The first kappa shape index (κ1) is 56.8. The topological polar surface area (TPSA) is 89.8 Å². The number of amides is 1. The predicted molar refractivity (Wildman–Crippen MR) is 255 cm³/mol. The molecule has 58 heavy (non-hydrogen) atoms. The molecule has 0 rings (SSSR count). The summed E-state index contributed by atoms with van der Waals surface area (Å²) in [4.78, 5) is 12.4. The lowest BCUT2D eigenvalue weighted by Gasteiger charge is -2.21. The number of nitrogens with one attached hydrogen (secondary N) is 1. The van der Waals surface area contributed by atoms with Gasteiger partial charge in [-0.3, -0.25) is 4.79 Å². The second-order valence-electron chi connectivity index (χ2n) is 18.1. The zero-order valence-corrected chi connectivity index (χ0v) is 39.2. The van der Waals surface area contributed by atoms with E-state index in [2.05, 4.69) is 31.3 Å². The van der Waals surface area contributed by atoms with E-state index in [1.54, 1.807) is 6.08 Å². The Morgan fingerprint density at radius 3 is 1.05 bits per heavy atom. The molecule has 0 aromatic carbocycles. The number of unbranched alkanes of at least 4 members (excludes halogenated alkanes) is 37. The van der Waals surface area contributed by atoms with Crippen molar-refractivity contribution in [2.24, 2.45) is 0 Å². The molecule has 0 aromatic heterocycles. The van der Waals surface area contributed by atoms with Gasteiger partial charge in [0.1, 0.15) is 0 Å². The van der Waals surface area contributed by atoms with Crippen molar-refractivity contribution in [1.29, 1.82) is 0 Å². The fourth-order valence-electron chi connectivity index (χ4n) is 8.22. The molecule has 0 heterocycles. The Labute approximate surface area is 362 Å². The van der Waals surface area contributed by atoms with Crippen LogP contribution in [-0.4, -0.2) is 46.1 Å². The van der Waals surface area contributed by atoms with Crippen LogP contribution in [0.4, 0.5) is 0 Å². The highest BCUT2D eigenvalue weighted by molar-refractivity contribution is 5.76. The van der Waals surface area contributed by atoms with Gasteiger partial charge in [0.05, 0.1) is 31.3 Å². The first-order valence-corrected chi connectivity index (χ1v) is 26.1. The summed E-state index contributed by atoms with van der Waals surface area (Å²) in [7, 11) is 0. The number of carbonyl (C=O) groups is 1. The highest BCUT2D eigenvalue weighted by Crippen LogP contribution is 2.17. The van der Waals surface area contributed by atoms with Gasteiger partial charge in [0.2, 0.25) is 5.91 Å². The van der Waals surface area contributed by atoms with Crippen molar-refractivity contribution in [3.8, 4) is 0 Å². The lowest BCUT2D eigenvalue weighted by atomic mass is 10.0. The van der Waals surface area contributed by atoms with Crippen molar-refractivity contribution < 1.29 is 20.1 Å². The molecule has 5 heteroatoms. The third-order valence-corrected chi connectivity index (χ3v) is 12.2. The largest absolute Gasteiger partial charge is 0.394 e. The fourth-order valence-corrected chi connectivity index (χ4v) is 8.22. The van der Waals surface area contributed by atoms with Crippen molar-refractivity contribution in [2.75, 3.05) is 6.61 Å². The summed E-state index contributed by atoms with van der Waals surface area (Å²) >= 11 is 0. The smallest absolute Gasteiger partial charge is 0.222 e. The van der Waals surface area contributed by atoms with E-state index in [1.807, 2.05) is 6.08 Å². The summed E-state index contributed by atoms with van der Waals surface area (Å²) < 4.78 is 0. The van der Waals surface area contributed by atoms with Gasteiger partial charge in [-0.05, 0) is 44.9 Å². The summed E-state index contributed by atoms with van der Waals surface area (Å²) in [5.74, 6) is -0.314. The Hall–Kier alpha value is -1.17. The third-order valence-electron chi connectivity index (χ3n) is 12.2. The third kappa shape index (κ3) is 44.4. The molecule has 0 saturated heterocycles. The minimum Gasteiger partial charge on any atom is -0.394 e. The molecule has 0 spiro atoms. The number of aliphatic hydroxyl groups excluding tert-OH is 3. The maximum Gasteiger partial charge on any atom is 0.222 e. The fraction of sp³-hybridized carbons (Fsp3) is 0.906. The van der Waals surface area contributed by atoms with Crippen LogP contribution in [0.15, 0.2) is 24.3 Å². The molecule has 0 aliphatic heterocycles. The predicted octanol–water partition coefficient (Wildman–Crippen LogP) is 15.7. The summed E-state index contributed by atoms with van der Waals surface area (Å²) in [5, 5.41) is 33.2. The Balaban J connectivity index is 3.46. The number of hydrogen-bond donors (Lipinski definition) is 4. The van der Waals surface area contributed by atoms with Gasteiger partial charge < -0.3 is 20.6 Å². The van der Waals surface area contributed by atoms with Gasteiger partial charge in [0, 0.05) is 0 Å². The van der Waals surface area contributed by atoms with Crippen molar-refractivity contribution >= 4 is 5.91 Å². The molecule has 1 amide bonds. The first-order valence-electron chi connectivity index (χ1n) is 26.1. The highest BCUT2D eigenvalue weighted by atomic mass is 16.3. The lowest BCUT2D eigenvalue weighted by Crippen LogP contribution is -2.45. The zero-order valence-electron chi connectivity index (χ0n) is 39.2. The number of aliphatic hydroxyl groups is 3. The first-order chi connectivity index (χ1) is 28.5. The molecule has 3 unspecified atom stereocenters. The standard InChI is InChI=1S/C53H103NO4/c1-3-5-7-9-11-13-15-16-17-18-19-20-21-22-23-24-25-26-27-28-29-30-31-32-33-34-35-36-37-38-40-42-44-46-50(56)48-53(58)54-51(49-55)52(57)47-45-43-41-39-14-12-10-8-6-4-2/h24-25,45,47,50-52,55-57H,3-23,26-44,46,48-49H2,1-2H3,(H,54,58)/b25-24-,47-45+. The molecule has 0 aliphatic carbocycles. The SMILES string of the molecule is CCCCCCCCCC/C=C/C(O)C(CO)NC(=O)CC(O)CCCCCCCCCCCCCCCCC/C=C\CCCCCCCCCCCCCCCC. The van der Waals surface area contributed by atoms with E-state index in [9.17, 15) is 20.1 Å². The molecule has 3 atom stereocenters. The van der Waals surface area contributed by atoms with E-state index in [-0.39, 0.29) is 18.9 Å². The summed E-state index contributed by atoms with van der Waals surface area (Å²) in [5.41, 5.74) is 0. The molecule has 0 aromatic rings. The monoisotopic (exact) mass is 818 g/mol. The second kappa shape index (κ2) is 48.5. The summed E-state index contributed by atoms with van der Waals surface area (Å²) in [6.45, 7) is 4.21. The molecular formula is C53H103NO4. The van der Waals surface area contributed by atoms with Crippen molar-refractivity contribution in [3.05, 3.63) is 24.3 Å². The van der Waals surface area contributed by atoms with Crippen molar-refractivity contribution in [1.82, 2.24) is 5.32 Å². The Kier molecular flexibility index (Phi) is 47.5. The molecule has 0 aliphatic rings. The van der Waals surface area contributed by atoms with E-state index in [4.69, 9.17) is 0 Å². The van der Waals surface area contributed by atoms with Crippen LogP contribution in [0.5, 0.6) is 0 Å². The molecule has 344 valence electrons. The molecule has 4 N–H and O–H groups in total. The van der Waals surface area contributed by atoms with E-state index in [1.165, 1.54) is 231 Å². The number of rotatable bonds is 48. The minimum absolute atomic E-state index is 0.0163. The number of allylic oxidation sites excluding steroid dienone is 3. The van der Waals surface area contributed by atoms with Crippen molar-refractivity contribution in [2.45, 2.75) is 302 Å². The van der Waals surface area contributed by atoms with E-state index in [0.29, 0.717) is 6.42 Å². The van der Waals surface area contributed by atoms with Crippen molar-refractivity contribution in [3.63, 3.8) is 0 Å². The van der Waals surface area contributed by atoms with Crippen LogP contribution in [0.1, 0.15) is 284 Å². The van der Waals surface area contributed by atoms with Crippen LogP contribution in [0.25, 0.3) is 0 Å². The quantitative estimate of drug-likeness (QED) is 0.0364. The maximum atomic E-state index is 12.4. The highest BCUT2D eigenvalue weighted by Gasteiger charge is 2.20. The van der Waals surface area contributed by atoms with Crippen LogP contribution in [0.3, 0.4) is 0 Å². The normalized spacial score (nSPS) is 13.5. The van der Waals surface area contributed by atoms with Crippen LogP contribution in [0, 0.1) is 0 Å². The Morgan fingerprint density at radius 2 is 0.724 bits per heavy atom. The average Bonchev–Trinajstić information content (AvgIpc) is 3.22. The molecule has 0 fully saturated rings. The van der Waals surface area contributed by atoms with Gasteiger partial charge in [0.15, 0.2) is 0 Å². The van der Waals surface area contributed by atoms with Gasteiger partial charge in [-0.25, -0.2) is 0 Å². The molecule has 0 saturated carbocycles. The second-order valence-corrected chi connectivity index (χ2v) is 18.1. The van der Waals surface area contributed by atoms with Gasteiger partial charge in [-0.2, -0.15) is 0 Å². The minimum atomic E-state index is -0.925. The van der Waals surface area contributed by atoms with Crippen LogP contribution in [0.2, 0.25) is 0 Å². The van der Waals surface area contributed by atoms with Gasteiger partial charge >= 0.3 is 0 Å². The maximum absolute atomic E-state index is 12.4. The summed E-state index contributed by atoms with van der Waals surface area (Å²) in [6.07, 6.45) is 60.9. The molecule has 0 radical (unpaired) electrons. The van der Waals surface area contributed by atoms with Gasteiger partial charge in [-0.1, -0.05) is 256 Å². The molecule has 0 bridgehead atoms. The average molecular weight is 818 g/mol. The zero-order chi connectivity index (χ0) is 42.3. The molecule has 5 nitrogen and oxygen atoms in total. The summed E-state index contributed by atoms with van der Waals surface area (Å²) in [6, 6.07) is -0.740. The van der Waals surface area contributed by atoms with Crippen LogP contribution < -0.4 is 5.32 Å². The van der Waals surface area contributed by atoms with E-state index in [0.717, 1.165) is 25.7 Å². The Morgan fingerprint density at radius 1 is 0.431 bits per heavy atom. The van der Waals surface area contributed by atoms with Crippen LogP contribution >= 0.6 is 0 Å². The number of hydrogen-bond acceptors (Lipinski definition) is 4. The van der Waals surface area contributed by atoms with Gasteiger partial charge in [0.25, 0.3) is 0 Å². The van der Waals surface area contributed by atoms with E-state index >= 15 is 0 Å². The van der Waals surface area contributed by atoms with Crippen LogP contribution in [-0.2, 0) is 4.79 Å². The molecular weight excluding hydrogens is 715 g/mol. The van der Waals surface area contributed by atoms with E-state index < -0.39 is 18.2 Å². The van der Waals surface area contributed by atoms with Gasteiger partial charge in [-0.15, -0.1) is 0 Å². The number of carbonyl (C=O) groups excluding carboxylic acids is 1.